The first-order chi connectivity index (χ1) is 11.0. The van der Waals surface area contributed by atoms with Gasteiger partial charge in [-0.3, -0.25) is 29.0 Å². The van der Waals surface area contributed by atoms with E-state index in [9.17, 15) is 39.0 Å². The van der Waals surface area contributed by atoms with E-state index in [2.05, 4.69) is 0 Å². The van der Waals surface area contributed by atoms with Crippen LogP contribution in [0.25, 0.3) is 0 Å². The molecule has 0 aromatic heterocycles. The van der Waals surface area contributed by atoms with E-state index in [1.807, 2.05) is 0 Å². The molecule has 0 unspecified atom stereocenters. The third kappa shape index (κ3) is 5.72. The van der Waals surface area contributed by atoms with E-state index in [1.54, 1.807) is 0 Å². The van der Waals surface area contributed by atoms with Crippen LogP contribution in [0.2, 0.25) is 0 Å². The van der Waals surface area contributed by atoms with Gasteiger partial charge in [0.05, 0.1) is 25.0 Å². The van der Waals surface area contributed by atoms with Crippen LogP contribution in [0, 0.1) is 0 Å². The van der Waals surface area contributed by atoms with Crippen LogP contribution in [-0.4, -0.2) is 58.5 Å². The summed E-state index contributed by atoms with van der Waals surface area (Å²) in [4.78, 5) is 65.1. The third-order valence-corrected chi connectivity index (χ3v) is 2.95. The fourth-order valence-electron chi connectivity index (χ4n) is 1.83. The van der Waals surface area contributed by atoms with Crippen molar-refractivity contribution in [3.8, 4) is 0 Å². The number of hydrogen-bond donors (Lipinski definition) is 0. The predicted molar refractivity (Wildman–Crippen MR) is 71.0 cm³/mol. The molecule has 11 heteroatoms. The summed E-state index contributed by atoms with van der Waals surface area (Å²) >= 11 is 0. The Morgan fingerprint density at radius 2 is 1.08 bits per heavy atom. The van der Waals surface area contributed by atoms with Crippen molar-refractivity contribution in [3.05, 3.63) is 23.3 Å². The van der Waals surface area contributed by atoms with E-state index >= 15 is 0 Å². The quantitative estimate of drug-likeness (QED) is 0.342. The average Bonchev–Trinajstić information content (AvgIpc) is 2.83. The SMILES string of the molecule is CC1=CC(=O)N(CC(=O)[O-])C1=O.CC1=CC(=O)N(CC(=O)[O-])C1=O.[Zn+2]. The van der Waals surface area contributed by atoms with Gasteiger partial charge in [0.25, 0.3) is 23.6 Å². The number of amides is 4. The molecule has 2 aliphatic rings. The molecule has 2 rings (SSSR count). The number of carboxylic acids is 2. The zero-order chi connectivity index (χ0) is 18.6. The Labute approximate surface area is 154 Å². The molecule has 0 bridgehead atoms. The molecule has 10 nitrogen and oxygen atoms in total. The Balaban J connectivity index is 0.000000443. The van der Waals surface area contributed by atoms with Crippen molar-refractivity contribution in [2.24, 2.45) is 0 Å². The summed E-state index contributed by atoms with van der Waals surface area (Å²) in [6.45, 7) is 1.56. The third-order valence-electron chi connectivity index (χ3n) is 2.95. The summed E-state index contributed by atoms with van der Waals surface area (Å²) in [7, 11) is 0. The van der Waals surface area contributed by atoms with Gasteiger partial charge in [-0.25, -0.2) is 0 Å². The molecule has 4 amide bonds. The van der Waals surface area contributed by atoms with Crippen molar-refractivity contribution in [2.75, 3.05) is 13.1 Å². The molecule has 0 N–H and O–H groups in total. The molecular formula is C14H12N2O8Zn. The van der Waals surface area contributed by atoms with E-state index < -0.39 is 48.7 Å². The minimum Gasteiger partial charge on any atom is -0.548 e. The van der Waals surface area contributed by atoms with Gasteiger partial charge in [0, 0.05) is 23.3 Å². The molecule has 128 valence electrons. The number of imide groups is 2. The predicted octanol–water partition coefficient (Wildman–Crippen LogP) is -3.90. The van der Waals surface area contributed by atoms with Crippen LogP contribution in [0.1, 0.15) is 13.8 Å². The monoisotopic (exact) mass is 400 g/mol. The summed E-state index contributed by atoms with van der Waals surface area (Å²) in [5.41, 5.74) is 0.502. The minimum atomic E-state index is -1.44. The first-order valence-electron chi connectivity index (χ1n) is 6.52. The van der Waals surface area contributed by atoms with Gasteiger partial charge in [-0.15, -0.1) is 0 Å². The smallest absolute Gasteiger partial charge is 0.548 e. The molecule has 2 aliphatic heterocycles. The zero-order valence-electron chi connectivity index (χ0n) is 13.4. The van der Waals surface area contributed by atoms with Crippen LogP contribution in [-0.2, 0) is 48.2 Å². The van der Waals surface area contributed by atoms with Crippen LogP contribution in [0.3, 0.4) is 0 Å². The van der Waals surface area contributed by atoms with E-state index in [0.717, 1.165) is 12.2 Å². The second-order valence-electron chi connectivity index (χ2n) is 4.86. The van der Waals surface area contributed by atoms with Gasteiger partial charge in [0.15, 0.2) is 0 Å². The topological polar surface area (TPSA) is 155 Å². The van der Waals surface area contributed by atoms with Crippen molar-refractivity contribution in [3.63, 3.8) is 0 Å². The number of hydrogen-bond acceptors (Lipinski definition) is 8. The van der Waals surface area contributed by atoms with Gasteiger partial charge in [0.1, 0.15) is 0 Å². The van der Waals surface area contributed by atoms with Gasteiger partial charge in [0.2, 0.25) is 0 Å². The summed E-state index contributed by atoms with van der Waals surface area (Å²) in [5.74, 6) is -5.21. The minimum absolute atomic E-state index is 0. The number of rotatable bonds is 4. The zero-order valence-corrected chi connectivity index (χ0v) is 16.4. The van der Waals surface area contributed by atoms with Crippen LogP contribution >= 0.6 is 0 Å². The molecule has 0 spiro atoms. The second kappa shape index (κ2) is 8.98. The molecule has 0 aromatic carbocycles. The number of aliphatic carboxylic acids is 2. The number of carbonyl (C=O) groups is 6. The second-order valence-corrected chi connectivity index (χ2v) is 4.86. The van der Waals surface area contributed by atoms with Gasteiger partial charge in [-0.1, -0.05) is 0 Å². The molecule has 0 aromatic rings. The van der Waals surface area contributed by atoms with Crippen molar-refractivity contribution >= 4 is 35.6 Å². The van der Waals surface area contributed by atoms with Crippen LogP contribution in [0.4, 0.5) is 0 Å². The molecule has 0 atom stereocenters. The Kier molecular flexibility index (Phi) is 8.02. The van der Waals surface area contributed by atoms with Crippen molar-refractivity contribution < 1.29 is 58.5 Å². The summed E-state index contributed by atoms with van der Waals surface area (Å²) < 4.78 is 0. The van der Waals surface area contributed by atoms with Crippen molar-refractivity contribution in [1.82, 2.24) is 9.80 Å². The van der Waals surface area contributed by atoms with Gasteiger partial charge in [-0.05, 0) is 13.8 Å². The summed E-state index contributed by atoms with van der Waals surface area (Å²) in [6, 6.07) is 0. The van der Waals surface area contributed by atoms with Crippen LogP contribution < -0.4 is 10.2 Å². The van der Waals surface area contributed by atoms with Crippen LogP contribution in [0.5, 0.6) is 0 Å². The fraction of sp³-hybridized carbons (Fsp3) is 0.286. The Bertz CT molecular complexity index is 650. The molecule has 2 heterocycles. The molecular weight excluding hydrogens is 390 g/mol. The van der Waals surface area contributed by atoms with E-state index in [4.69, 9.17) is 0 Å². The Hall–Kier alpha value is -2.68. The van der Waals surface area contributed by atoms with Crippen molar-refractivity contribution in [2.45, 2.75) is 13.8 Å². The molecule has 0 saturated heterocycles. The average molecular weight is 402 g/mol. The molecule has 0 aliphatic carbocycles. The van der Waals surface area contributed by atoms with E-state index in [1.165, 1.54) is 13.8 Å². The van der Waals surface area contributed by atoms with Crippen LogP contribution in [0.15, 0.2) is 23.3 Å². The standard InChI is InChI=1S/2C7H7NO4.Zn/c2*1-4-2-5(9)8(7(4)12)3-6(10)11;/h2*2H,3H2,1H3,(H,10,11);/q;;+2/p-2. The number of carbonyl (C=O) groups excluding carboxylic acids is 6. The number of carboxylic acid groups (broad SMARTS) is 2. The molecule has 0 saturated carbocycles. The maximum absolute atomic E-state index is 11.0. The summed E-state index contributed by atoms with van der Waals surface area (Å²) in [5, 5.41) is 20.1. The maximum Gasteiger partial charge on any atom is 2.00 e. The molecule has 0 fully saturated rings. The number of nitrogens with zero attached hydrogens (tertiary/aromatic N) is 2. The molecule has 25 heavy (non-hydrogen) atoms. The van der Waals surface area contributed by atoms with Gasteiger partial charge < -0.3 is 19.8 Å². The normalized spacial score (nSPS) is 16.1. The fourth-order valence-corrected chi connectivity index (χ4v) is 1.83. The Morgan fingerprint density at radius 3 is 1.24 bits per heavy atom. The largest absolute Gasteiger partial charge is 2.00 e. The Morgan fingerprint density at radius 1 is 0.800 bits per heavy atom. The first kappa shape index (κ1) is 22.3. The first-order valence-corrected chi connectivity index (χ1v) is 6.52. The maximum atomic E-state index is 11.0. The molecule has 0 radical (unpaired) electrons. The summed E-state index contributed by atoms with van der Waals surface area (Å²) in [6.07, 6.45) is 2.20. The van der Waals surface area contributed by atoms with E-state index in [-0.39, 0.29) is 30.6 Å². The van der Waals surface area contributed by atoms with E-state index in [0.29, 0.717) is 9.80 Å². The van der Waals surface area contributed by atoms with Crippen molar-refractivity contribution in [1.29, 1.82) is 0 Å². The van der Waals surface area contributed by atoms with Gasteiger partial charge in [-0.2, -0.15) is 0 Å². The van der Waals surface area contributed by atoms with Gasteiger partial charge >= 0.3 is 19.5 Å².